The predicted molar refractivity (Wildman–Crippen MR) is 154 cm³/mol. The van der Waals surface area contributed by atoms with Crippen LogP contribution in [0.4, 0.5) is 19.0 Å². The summed E-state index contributed by atoms with van der Waals surface area (Å²) < 4.78 is 50.4. The van der Waals surface area contributed by atoms with Gasteiger partial charge < -0.3 is 19.7 Å². The number of methoxy groups -OCH3 is 1. The number of aliphatic imine (C=N–C) groups is 2. The lowest BCUT2D eigenvalue weighted by molar-refractivity contribution is -0.750. The summed E-state index contributed by atoms with van der Waals surface area (Å²) in [5, 5.41) is 2.42. The van der Waals surface area contributed by atoms with Crippen molar-refractivity contribution < 1.29 is 36.8 Å². The van der Waals surface area contributed by atoms with E-state index < -0.39 is 17.6 Å². The third kappa shape index (κ3) is 5.51. The zero-order valence-corrected chi connectivity index (χ0v) is 23.9. The fraction of sp³-hybridized carbons (Fsp3) is 0.367. The highest BCUT2D eigenvalue weighted by molar-refractivity contribution is 6.07. The molecule has 2 saturated heterocycles. The summed E-state index contributed by atoms with van der Waals surface area (Å²) in [6, 6.07) is 6.49. The van der Waals surface area contributed by atoms with Crippen molar-refractivity contribution in [1.29, 1.82) is 0 Å². The minimum Gasteiger partial charge on any atom is -0.490 e. The van der Waals surface area contributed by atoms with Crippen LogP contribution in [0.2, 0.25) is 0 Å². The fourth-order valence-electron chi connectivity index (χ4n) is 6.04. The summed E-state index contributed by atoms with van der Waals surface area (Å²) in [6.07, 6.45) is 4.52. The van der Waals surface area contributed by atoms with Crippen LogP contribution in [-0.2, 0) is 15.7 Å². The summed E-state index contributed by atoms with van der Waals surface area (Å²) in [6.45, 7) is 0.956. The number of carbonyl (C=O) groups excluding carboxylic acids is 2. The number of piperidine rings is 1. The molecule has 0 aliphatic carbocycles. The number of nitrogens with zero attached hydrogens (tertiary/aromatic N) is 5. The standard InChI is InChI=1S/C30H30F3N7O4/c1-43-12-13-44-24-14-18(29(42)37-25-15-20(8-9-36-25)30(31,32)33)3-6-22(24)28-38-27(23-16-35-10-11-40(23,28)34)19-2-4-21-5-7-26(41)39(21)17-19/h3,6,8-11,14-16,19,21H,2,4-5,7,12-13,17,34H2,1H3/p+1/t19-,21+,40?/m1/s1. The molecule has 1 unspecified atom stereocenters. The number of rotatable bonds is 8. The number of ether oxygens (including phenoxy) is 2. The molecule has 0 radical (unpaired) electrons. The smallest absolute Gasteiger partial charge is 0.416 e. The molecule has 0 spiro atoms. The Morgan fingerprint density at radius 2 is 2.02 bits per heavy atom. The number of quaternary nitrogens is 1. The van der Waals surface area contributed by atoms with Gasteiger partial charge in [-0.2, -0.15) is 24.0 Å². The maximum Gasteiger partial charge on any atom is 0.416 e. The van der Waals surface area contributed by atoms with E-state index in [0.29, 0.717) is 30.1 Å². The topological polar surface area (TPSA) is 132 Å². The van der Waals surface area contributed by atoms with Gasteiger partial charge in [0.05, 0.1) is 24.6 Å². The van der Waals surface area contributed by atoms with E-state index in [1.165, 1.54) is 19.2 Å². The van der Waals surface area contributed by atoms with E-state index in [9.17, 15) is 22.8 Å². The van der Waals surface area contributed by atoms with E-state index in [4.69, 9.17) is 20.3 Å². The first-order chi connectivity index (χ1) is 21.1. The number of hydrogen-bond acceptors (Lipinski definition) is 8. The highest BCUT2D eigenvalue weighted by Gasteiger charge is 2.48. The molecular weight excluding hydrogens is 579 g/mol. The number of anilines is 1. The third-order valence-electron chi connectivity index (χ3n) is 8.29. The van der Waals surface area contributed by atoms with Crippen molar-refractivity contribution in [3.63, 3.8) is 0 Å². The van der Waals surface area contributed by atoms with E-state index in [-0.39, 0.29) is 52.8 Å². The number of alkyl halides is 3. The Kier molecular flexibility index (Phi) is 7.82. The Hall–Kier alpha value is -4.40. The molecule has 3 atom stereocenters. The molecule has 1 aromatic heterocycles. The van der Waals surface area contributed by atoms with Gasteiger partial charge in [0.15, 0.2) is 0 Å². The van der Waals surface area contributed by atoms with Gasteiger partial charge in [-0.05, 0) is 49.6 Å². The number of aromatic nitrogens is 1. The maximum atomic E-state index is 13.2. The van der Waals surface area contributed by atoms with Gasteiger partial charge in [0.2, 0.25) is 11.6 Å². The Labute approximate surface area is 251 Å². The van der Waals surface area contributed by atoms with Gasteiger partial charge in [-0.3, -0.25) is 14.6 Å². The molecule has 0 saturated carbocycles. The molecule has 2 amide bonds. The highest BCUT2D eigenvalue weighted by atomic mass is 19.4. The largest absolute Gasteiger partial charge is 0.490 e. The monoisotopic (exact) mass is 610 g/mol. The van der Waals surface area contributed by atoms with Crippen LogP contribution in [0.5, 0.6) is 5.75 Å². The number of carbonyl (C=O) groups is 2. The molecular formula is C30H31F3N7O4+. The fourth-order valence-corrected chi connectivity index (χ4v) is 6.04. The Bertz CT molecular complexity index is 1620. The molecule has 2 fully saturated rings. The van der Waals surface area contributed by atoms with Crippen LogP contribution < -0.4 is 15.9 Å². The van der Waals surface area contributed by atoms with Crippen LogP contribution in [0.25, 0.3) is 0 Å². The van der Waals surface area contributed by atoms with Gasteiger partial charge in [-0.15, -0.1) is 4.59 Å². The van der Waals surface area contributed by atoms with Gasteiger partial charge in [0, 0.05) is 43.8 Å². The lowest BCUT2D eigenvalue weighted by atomic mass is 9.90. The third-order valence-corrected chi connectivity index (χ3v) is 8.29. The van der Waals surface area contributed by atoms with Crippen molar-refractivity contribution in [1.82, 2.24) is 9.88 Å². The number of halogens is 3. The van der Waals surface area contributed by atoms with E-state index in [1.54, 1.807) is 24.7 Å². The number of nitrogens with one attached hydrogen (secondary N) is 1. The van der Waals surface area contributed by atoms with Crippen LogP contribution >= 0.6 is 0 Å². The molecule has 5 heterocycles. The number of nitrogens with two attached hydrogens (primary N) is 1. The molecule has 2 aromatic rings. The second kappa shape index (κ2) is 11.6. The zero-order chi connectivity index (χ0) is 31.1. The first kappa shape index (κ1) is 29.7. The molecule has 4 aliphatic heterocycles. The molecule has 44 heavy (non-hydrogen) atoms. The van der Waals surface area contributed by atoms with Crippen LogP contribution in [0.1, 0.15) is 47.2 Å². The summed E-state index contributed by atoms with van der Waals surface area (Å²) in [4.78, 5) is 40.8. The van der Waals surface area contributed by atoms with Gasteiger partial charge in [-0.1, -0.05) is 0 Å². The SMILES string of the molecule is COCCOc1cc(C(=O)Nc2cc(C(F)(F)F)ccn2)ccc1C1=NC([C@@H]2CC[C@H]3CCC(=O)N3C2)=C2C=NC=C[N+]12N. The van der Waals surface area contributed by atoms with Crippen molar-refractivity contribution in [3.8, 4) is 5.75 Å². The Balaban J connectivity index is 1.33. The molecule has 3 N–H and O–H groups in total. The number of allylic oxidation sites excluding steroid dienone is 1. The number of fused-ring (bicyclic) bond motifs is 2. The average Bonchev–Trinajstić information content (AvgIpc) is 3.53. The average molecular weight is 611 g/mol. The van der Waals surface area contributed by atoms with Gasteiger partial charge in [0.1, 0.15) is 35.6 Å². The number of hydrogen-bond donors (Lipinski definition) is 2. The van der Waals surface area contributed by atoms with Crippen LogP contribution in [0, 0.1) is 5.92 Å². The van der Waals surface area contributed by atoms with E-state index in [1.807, 2.05) is 4.90 Å². The first-order valence-corrected chi connectivity index (χ1v) is 14.2. The lowest BCUT2D eigenvalue weighted by Crippen LogP contribution is -2.53. The molecule has 4 aliphatic rings. The minimum absolute atomic E-state index is 0.0392. The van der Waals surface area contributed by atoms with Crippen LogP contribution in [0.3, 0.4) is 0 Å². The number of benzene rings is 1. The highest BCUT2D eigenvalue weighted by Crippen LogP contribution is 2.41. The normalized spacial score (nSPS) is 24.3. The quantitative estimate of drug-likeness (QED) is 0.264. The zero-order valence-electron chi connectivity index (χ0n) is 23.9. The number of amidine groups is 1. The van der Waals surface area contributed by atoms with Crippen molar-refractivity contribution >= 4 is 29.7 Å². The van der Waals surface area contributed by atoms with Gasteiger partial charge in [-0.25, -0.2) is 4.98 Å². The summed E-state index contributed by atoms with van der Waals surface area (Å²) in [5.41, 5.74) is 1.12. The second-order valence-corrected chi connectivity index (χ2v) is 11.0. The summed E-state index contributed by atoms with van der Waals surface area (Å²) >= 11 is 0. The van der Waals surface area contributed by atoms with Crippen molar-refractivity contribution in [3.05, 3.63) is 77.0 Å². The minimum atomic E-state index is -4.59. The predicted octanol–water partition coefficient (Wildman–Crippen LogP) is 4.00. The lowest BCUT2D eigenvalue weighted by Gasteiger charge is -2.35. The van der Waals surface area contributed by atoms with E-state index in [2.05, 4.69) is 15.3 Å². The number of amides is 2. The molecule has 14 heteroatoms. The molecule has 230 valence electrons. The molecule has 0 bridgehead atoms. The maximum absolute atomic E-state index is 13.2. The van der Waals surface area contributed by atoms with E-state index >= 15 is 0 Å². The number of pyridine rings is 1. The Morgan fingerprint density at radius 1 is 1.18 bits per heavy atom. The molecule has 11 nitrogen and oxygen atoms in total. The summed E-state index contributed by atoms with van der Waals surface area (Å²) in [5.74, 6) is 6.88. The van der Waals surface area contributed by atoms with Gasteiger partial charge in [0.25, 0.3) is 11.7 Å². The van der Waals surface area contributed by atoms with Crippen molar-refractivity contribution in [2.45, 2.75) is 37.9 Å². The van der Waals surface area contributed by atoms with E-state index in [0.717, 1.165) is 43.3 Å². The molecule has 6 rings (SSSR count). The van der Waals surface area contributed by atoms with Gasteiger partial charge >= 0.3 is 6.18 Å². The van der Waals surface area contributed by atoms with Crippen molar-refractivity contribution in [2.75, 3.05) is 32.2 Å². The first-order valence-electron chi connectivity index (χ1n) is 14.2. The summed E-state index contributed by atoms with van der Waals surface area (Å²) in [7, 11) is 1.53. The van der Waals surface area contributed by atoms with Crippen LogP contribution in [0.15, 0.2) is 70.3 Å². The van der Waals surface area contributed by atoms with Crippen molar-refractivity contribution in [2.24, 2.45) is 21.7 Å². The molecule has 1 aromatic carbocycles. The second-order valence-electron chi connectivity index (χ2n) is 11.0. The Morgan fingerprint density at radius 3 is 2.82 bits per heavy atom. The van der Waals surface area contributed by atoms with Crippen LogP contribution in [-0.4, -0.2) is 71.3 Å².